The number of aryl methyl sites for hydroxylation is 1. The Labute approximate surface area is 101 Å². The number of nitrogens with two attached hydrogens (primary N) is 1. The van der Waals surface area contributed by atoms with E-state index in [1.54, 1.807) is 19.1 Å². The molecular weight excluding hydrogens is 219 g/mol. The summed E-state index contributed by atoms with van der Waals surface area (Å²) in [6, 6.07) is 4.83. The van der Waals surface area contributed by atoms with Crippen LogP contribution in [0.5, 0.6) is 0 Å². The summed E-state index contributed by atoms with van der Waals surface area (Å²) in [5.74, 6) is -0.0632. The molecule has 1 aromatic carbocycles. The average Bonchev–Trinajstić information content (AvgIpc) is 2.30. The minimum atomic E-state index is -0.225. The molecule has 0 aliphatic carbocycles. The van der Waals surface area contributed by atoms with Crippen LogP contribution in [0.1, 0.15) is 24.5 Å². The van der Waals surface area contributed by atoms with Gasteiger partial charge in [0.1, 0.15) is 5.82 Å². The molecule has 0 aromatic heterocycles. The molecule has 0 spiro atoms. The number of carbonyl (C=O) groups is 1. The Bertz CT molecular complexity index is 393. The van der Waals surface area contributed by atoms with Crippen molar-refractivity contribution in [3.8, 4) is 0 Å². The third-order valence-corrected chi connectivity index (χ3v) is 2.65. The van der Waals surface area contributed by atoms with E-state index in [9.17, 15) is 9.18 Å². The minimum Gasteiger partial charge on any atom is -0.352 e. The summed E-state index contributed by atoms with van der Waals surface area (Å²) < 4.78 is 13.0. The second-order valence-electron chi connectivity index (χ2n) is 4.41. The number of hydrogen-bond donors (Lipinski definition) is 2. The van der Waals surface area contributed by atoms with Gasteiger partial charge in [0.15, 0.2) is 0 Å². The lowest BCUT2D eigenvalue weighted by atomic mass is 10.1. The van der Waals surface area contributed by atoms with Crippen LogP contribution in [0.25, 0.3) is 0 Å². The summed E-state index contributed by atoms with van der Waals surface area (Å²) in [5.41, 5.74) is 6.93. The van der Waals surface area contributed by atoms with E-state index in [2.05, 4.69) is 5.32 Å². The van der Waals surface area contributed by atoms with Crippen molar-refractivity contribution in [2.75, 3.05) is 6.54 Å². The van der Waals surface area contributed by atoms with Gasteiger partial charge in [0.2, 0.25) is 5.91 Å². The summed E-state index contributed by atoms with van der Waals surface area (Å²) >= 11 is 0. The first-order valence-corrected chi connectivity index (χ1v) is 5.74. The molecule has 0 heterocycles. The summed E-state index contributed by atoms with van der Waals surface area (Å²) in [4.78, 5) is 11.5. The molecule has 1 unspecified atom stereocenters. The van der Waals surface area contributed by atoms with Crippen LogP contribution in [0.3, 0.4) is 0 Å². The molecule has 0 aliphatic rings. The maximum absolute atomic E-state index is 13.0. The maximum Gasteiger partial charge on any atom is 0.220 e. The smallest absolute Gasteiger partial charge is 0.220 e. The Morgan fingerprint density at radius 1 is 1.53 bits per heavy atom. The number of nitrogens with one attached hydrogen (secondary N) is 1. The van der Waals surface area contributed by atoms with Crippen molar-refractivity contribution in [1.29, 1.82) is 0 Å². The molecule has 94 valence electrons. The first-order valence-electron chi connectivity index (χ1n) is 5.74. The van der Waals surface area contributed by atoms with Crippen LogP contribution in [-0.4, -0.2) is 12.5 Å². The molecule has 17 heavy (non-hydrogen) atoms. The maximum atomic E-state index is 13.0. The van der Waals surface area contributed by atoms with Gasteiger partial charge in [0.05, 0.1) is 0 Å². The topological polar surface area (TPSA) is 55.1 Å². The predicted octanol–water partition coefficient (Wildman–Crippen LogP) is 1.74. The lowest BCUT2D eigenvalue weighted by Gasteiger charge is -2.09. The molecule has 0 saturated heterocycles. The second kappa shape index (κ2) is 6.35. The van der Waals surface area contributed by atoms with E-state index < -0.39 is 0 Å². The third-order valence-electron chi connectivity index (χ3n) is 2.65. The number of amides is 1. The van der Waals surface area contributed by atoms with Gasteiger partial charge in [-0.1, -0.05) is 19.1 Å². The second-order valence-corrected chi connectivity index (χ2v) is 4.41. The molecular formula is C13H19FN2O. The standard InChI is InChI=1S/C13H19FN2O/c1-9(7-15)5-13(17)16-8-11-3-4-12(14)10(2)6-11/h3-4,6,9H,5,7-8,15H2,1-2H3,(H,16,17). The van der Waals surface area contributed by atoms with Gasteiger partial charge in [0, 0.05) is 13.0 Å². The Hall–Kier alpha value is -1.42. The largest absolute Gasteiger partial charge is 0.352 e. The van der Waals surface area contributed by atoms with Crippen LogP contribution in [0.4, 0.5) is 4.39 Å². The van der Waals surface area contributed by atoms with E-state index in [1.807, 2.05) is 6.92 Å². The number of benzene rings is 1. The Morgan fingerprint density at radius 2 is 2.24 bits per heavy atom. The highest BCUT2D eigenvalue weighted by atomic mass is 19.1. The van der Waals surface area contributed by atoms with Crippen LogP contribution in [0, 0.1) is 18.7 Å². The molecule has 4 heteroatoms. The molecule has 3 N–H and O–H groups in total. The number of halogens is 1. The van der Waals surface area contributed by atoms with Crippen LogP contribution in [0.2, 0.25) is 0 Å². The third kappa shape index (κ3) is 4.53. The van der Waals surface area contributed by atoms with Crippen LogP contribution in [0.15, 0.2) is 18.2 Å². The number of carbonyl (C=O) groups excluding carboxylic acids is 1. The number of rotatable bonds is 5. The molecule has 1 amide bonds. The van der Waals surface area contributed by atoms with Gasteiger partial charge < -0.3 is 11.1 Å². The monoisotopic (exact) mass is 238 g/mol. The van der Waals surface area contributed by atoms with Crippen molar-refractivity contribution in [2.45, 2.75) is 26.8 Å². The molecule has 1 rings (SSSR count). The van der Waals surface area contributed by atoms with Gasteiger partial charge in [-0.2, -0.15) is 0 Å². The van der Waals surface area contributed by atoms with Gasteiger partial charge >= 0.3 is 0 Å². The van der Waals surface area contributed by atoms with Gasteiger partial charge in [-0.25, -0.2) is 4.39 Å². The summed E-state index contributed by atoms with van der Waals surface area (Å²) in [6.07, 6.45) is 0.427. The SMILES string of the molecule is Cc1cc(CNC(=O)CC(C)CN)ccc1F. The molecule has 0 saturated carbocycles. The Kier molecular flexibility index (Phi) is 5.10. The highest BCUT2D eigenvalue weighted by Crippen LogP contribution is 2.09. The zero-order valence-corrected chi connectivity index (χ0v) is 10.3. The average molecular weight is 238 g/mol. The lowest BCUT2D eigenvalue weighted by molar-refractivity contribution is -0.122. The van der Waals surface area contributed by atoms with E-state index in [0.717, 1.165) is 5.56 Å². The minimum absolute atomic E-state index is 0.0232. The first kappa shape index (κ1) is 13.6. The van der Waals surface area contributed by atoms with Gasteiger partial charge in [-0.15, -0.1) is 0 Å². The van der Waals surface area contributed by atoms with Crippen molar-refractivity contribution >= 4 is 5.91 Å². The molecule has 0 radical (unpaired) electrons. The highest BCUT2D eigenvalue weighted by molar-refractivity contribution is 5.76. The van der Waals surface area contributed by atoms with Crippen molar-refractivity contribution in [2.24, 2.45) is 11.7 Å². The molecule has 0 bridgehead atoms. The van der Waals surface area contributed by atoms with Crippen LogP contribution >= 0.6 is 0 Å². The van der Waals surface area contributed by atoms with E-state index in [-0.39, 0.29) is 17.6 Å². The zero-order valence-electron chi connectivity index (χ0n) is 10.3. The summed E-state index contributed by atoms with van der Waals surface area (Å²) in [6.45, 7) is 4.57. The Morgan fingerprint density at radius 3 is 2.82 bits per heavy atom. The van der Waals surface area contributed by atoms with Crippen molar-refractivity contribution in [1.82, 2.24) is 5.32 Å². The van der Waals surface area contributed by atoms with Crippen LogP contribution < -0.4 is 11.1 Å². The van der Waals surface area contributed by atoms with Crippen molar-refractivity contribution < 1.29 is 9.18 Å². The molecule has 3 nitrogen and oxygen atoms in total. The quantitative estimate of drug-likeness (QED) is 0.821. The highest BCUT2D eigenvalue weighted by Gasteiger charge is 2.07. The molecule has 1 aromatic rings. The fraction of sp³-hybridized carbons (Fsp3) is 0.462. The van der Waals surface area contributed by atoms with Crippen molar-refractivity contribution in [3.05, 3.63) is 35.1 Å². The summed E-state index contributed by atoms with van der Waals surface area (Å²) in [7, 11) is 0. The normalized spacial score (nSPS) is 12.2. The zero-order chi connectivity index (χ0) is 12.8. The first-order chi connectivity index (χ1) is 8.02. The molecule has 0 fully saturated rings. The fourth-order valence-electron chi connectivity index (χ4n) is 1.49. The molecule has 0 aliphatic heterocycles. The van der Waals surface area contributed by atoms with Crippen LogP contribution in [-0.2, 0) is 11.3 Å². The summed E-state index contributed by atoms with van der Waals surface area (Å²) in [5, 5.41) is 2.79. The lowest BCUT2D eigenvalue weighted by Crippen LogP contribution is -2.26. The van der Waals surface area contributed by atoms with Crippen molar-refractivity contribution in [3.63, 3.8) is 0 Å². The Balaban J connectivity index is 2.45. The van der Waals surface area contributed by atoms with Gasteiger partial charge in [0.25, 0.3) is 0 Å². The predicted molar refractivity (Wildman–Crippen MR) is 65.8 cm³/mol. The van der Waals surface area contributed by atoms with Gasteiger partial charge in [-0.05, 0) is 36.6 Å². The molecule has 1 atom stereocenters. The van der Waals surface area contributed by atoms with E-state index in [0.29, 0.717) is 25.1 Å². The number of hydrogen-bond acceptors (Lipinski definition) is 2. The van der Waals surface area contributed by atoms with Gasteiger partial charge in [-0.3, -0.25) is 4.79 Å². The van der Waals surface area contributed by atoms with E-state index in [4.69, 9.17) is 5.73 Å². The fourth-order valence-corrected chi connectivity index (χ4v) is 1.49. The van der Waals surface area contributed by atoms with E-state index >= 15 is 0 Å². The van der Waals surface area contributed by atoms with E-state index in [1.165, 1.54) is 6.07 Å².